The fraction of sp³-hybridized carbons (Fsp3) is 0.312. The molecule has 5 nitrogen and oxygen atoms in total. The molecule has 1 heterocycles. The Hall–Kier alpha value is -2.10. The van der Waals surface area contributed by atoms with Gasteiger partial charge in [0.25, 0.3) is 10.0 Å². The molecule has 116 valence electrons. The van der Waals surface area contributed by atoms with E-state index in [1.54, 1.807) is 31.2 Å². The lowest BCUT2D eigenvalue weighted by molar-refractivity contribution is 0.275. The topological polar surface area (TPSA) is 83.1 Å². The molecule has 0 aliphatic carbocycles. The minimum absolute atomic E-state index is 0.176. The third-order valence-corrected chi connectivity index (χ3v) is 5.40. The molecule has 0 atom stereocenters. The molecule has 1 aromatic heterocycles. The second-order valence-electron chi connectivity index (χ2n) is 5.16. The summed E-state index contributed by atoms with van der Waals surface area (Å²) in [5, 5.41) is 18.2. The van der Waals surface area contributed by atoms with Gasteiger partial charge < -0.3 is 5.11 Å². The van der Waals surface area contributed by atoms with Crippen LogP contribution in [-0.4, -0.2) is 17.5 Å². The fourth-order valence-corrected chi connectivity index (χ4v) is 3.79. The molecular formula is C16H18N2O3S. The van der Waals surface area contributed by atoms with Crippen molar-refractivity contribution in [2.45, 2.75) is 38.2 Å². The Bertz CT molecular complexity index is 812. The van der Waals surface area contributed by atoms with Crippen LogP contribution in [0, 0.1) is 25.2 Å². The highest BCUT2D eigenvalue weighted by atomic mass is 32.2. The average Bonchev–Trinajstić information content (AvgIpc) is 2.82. The summed E-state index contributed by atoms with van der Waals surface area (Å²) < 4.78 is 26.6. The Labute approximate surface area is 130 Å². The average molecular weight is 318 g/mol. The first-order chi connectivity index (χ1) is 10.4. The third-order valence-electron chi connectivity index (χ3n) is 3.69. The molecule has 0 saturated carbocycles. The van der Waals surface area contributed by atoms with Crippen molar-refractivity contribution >= 4 is 10.0 Å². The maximum Gasteiger partial charge on any atom is 0.267 e. The van der Waals surface area contributed by atoms with Gasteiger partial charge in [0, 0.05) is 12.6 Å². The van der Waals surface area contributed by atoms with E-state index in [1.165, 1.54) is 6.20 Å². The van der Waals surface area contributed by atoms with Gasteiger partial charge >= 0.3 is 0 Å². The van der Waals surface area contributed by atoms with Gasteiger partial charge in [-0.15, -0.1) is 0 Å². The maximum absolute atomic E-state index is 12.8. The number of hydrogen-bond acceptors (Lipinski definition) is 4. The number of hydrogen-bond donors (Lipinski definition) is 1. The molecule has 0 bridgehead atoms. The van der Waals surface area contributed by atoms with E-state index in [0.29, 0.717) is 24.1 Å². The first-order valence-electron chi connectivity index (χ1n) is 6.91. The predicted molar refractivity (Wildman–Crippen MR) is 82.8 cm³/mol. The third kappa shape index (κ3) is 2.91. The molecular weight excluding hydrogens is 300 g/mol. The van der Waals surface area contributed by atoms with Crippen molar-refractivity contribution < 1.29 is 13.5 Å². The number of benzene rings is 1. The zero-order valence-electron chi connectivity index (χ0n) is 12.6. The quantitative estimate of drug-likeness (QED) is 0.917. The second kappa shape index (κ2) is 6.34. The Morgan fingerprint density at radius 2 is 1.86 bits per heavy atom. The summed E-state index contributed by atoms with van der Waals surface area (Å²) in [6.45, 7) is 3.28. The largest absolute Gasteiger partial charge is 0.390 e. The normalized spacial score (nSPS) is 11.4. The van der Waals surface area contributed by atoms with E-state index < -0.39 is 10.0 Å². The van der Waals surface area contributed by atoms with Gasteiger partial charge in [-0.05, 0) is 43.5 Å². The van der Waals surface area contributed by atoms with E-state index in [0.717, 1.165) is 15.1 Å². The van der Waals surface area contributed by atoms with Crippen LogP contribution in [0.15, 0.2) is 35.4 Å². The van der Waals surface area contributed by atoms with Crippen molar-refractivity contribution in [3.8, 4) is 6.07 Å². The van der Waals surface area contributed by atoms with Crippen molar-refractivity contribution in [3.05, 3.63) is 52.8 Å². The zero-order chi connectivity index (χ0) is 16.3. The van der Waals surface area contributed by atoms with Gasteiger partial charge in [0.15, 0.2) is 0 Å². The second-order valence-corrected chi connectivity index (χ2v) is 6.97. The van der Waals surface area contributed by atoms with E-state index in [4.69, 9.17) is 5.26 Å². The van der Waals surface area contributed by atoms with Crippen molar-refractivity contribution in [2.75, 3.05) is 0 Å². The van der Waals surface area contributed by atoms with Crippen LogP contribution in [0.4, 0.5) is 0 Å². The standard InChI is InChI=1S/C16H18N2O3S/c1-12-5-7-15(8-6-12)22(20,21)18-10-14(4-3-9-17)13(2)16(18)11-19/h5-8,10,19H,3-4,11H2,1-2H3. The summed E-state index contributed by atoms with van der Waals surface area (Å²) in [6, 6.07) is 8.62. The monoisotopic (exact) mass is 318 g/mol. The van der Waals surface area contributed by atoms with Gasteiger partial charge in [-0.3, -0.25) is 0 Å². The summed E-state index contributed by atoms with van der Waals surface area (Å²) in [4.78, 5) is 0.176. The molecule has 0 fully saturated rings. The van der Waals surface area contributed by atoms with E-state index in [-0.39, 0.29) is 11.5 Å². The van der Waals surface area contributed by atoms with Crippen molar-refractivity contribution in [2.24, 2.45) is 0 Å². The van der Waals surface area contributed by atoms with E-state index in [9.17, 15) is 13.5 Å². The predicted octanol–water partition coefficient (Wildman–Crippen LogP) is 2.29. The molecule has 0 aliphatic heterocycles. The van der Waals surface area contributed by atoms with Crippen LogP contribution in [0.1, 0.15) is 28.8 Å². The number of nitrogens with zero attached hydrogens (tertiary/aromatic N) is 2. The molecule has 0 saturated heterocycles. The molecule has 0 amide bonds. The first-order valence-corrected chi connectivity index (χ1v) is 8.35. The molecule has 0 unspecified atom stereocenters. The highest BCUT2D eigenvalue weighted by Gasteiger charge is 2.23. The van der Waals surface area contributed by atoms with Crippen LogP contribution in [0.25, 0.3) is 0 Å². The van der Waals surface area contributed by atoms with Crippen LogP contribution in [-0.2, 0) is 23.1 Å². The first kappa shape index (κ1) is 16.3. The lowest BCUT2D eigenvalue weighted by atomic mass is 10.1. The zero-order valence-corrected chi connectivity index (χ0v) is 13.4. The number of nitriles is 1. The van der Waals surface area contributed by atoms with E-state index in [1.807, 2.05) is 13.0 Å². The highest BCUT2D eigenvalue weighted by molar-refractivity contribution is 7.90. The van der Waals surface area contributed by atoms with Crippen molar-refractivity contribution in [3.63, 3.8) is 0 Å². The Balaban J connectivity index is 2.55. The lowest BCUT2D eigenvalue weighted by Gasteiger charge is -2.10. The molecule has 2 rings (SSSR count). The maximum atomic E-state index is 12.8. The highest BCUT2D eigenvalue weighted by Crippen LogP contribution is 2.24. The summed E-state index contributed by atoms with van der Waals surface area (Å²) in [7, 11) is -3.75. The molecule has 0 spiro atoms. The van der Waals surface area contributed by atoms with E-state index in [2.05, 4.69) is 0 Å². The van der Waals surface area contributed by atoms with Crippen LogP contribution < -0.4 is 0 Å². The van der Waals surface area contributed by atoms with Crippen LogP contribution in [0.3, 0.4) is 0 Å². The minimum Gasteiger partial charge on any atom is -0.390 e. The van der Waals surface area contributed by atoms with Gasteiger partial charge in [-0.2, -0.15) is 5.26 Å². The van der Waals surface area contributed by atoms with Crippen molar-refractivity contribution in [1.82, 2.24) is 3.97 Å². The number of aliphatic hydroxyl groups is 1. The number of aryl methyl sites for hydroxylation is 2. The van der Waals surface area contributed by atoms with Gasteiger partial charge in [0.05, 0.1) is 23.3 Å². The molecule has 0 radical (unpaired) electrons. The van der Waals surface area contributed by atoms with Crippen LogP contribution >= 0.6 is 0 Å². The SMILES string of the molecule is Cc1ccc(S(=O)(=O)n2cc(CCC#N)c(C)c2CO)cc1. The molecule has 1 aromatic carbocycles. The van der Waals surface area contributed by atoms with E-state index >= 15 is 0 Å². The Morgan fingerprint density at radius 3 is 2.41 bits per heavy atom. The summed E-state index contributed by atoms with van der Waals surface area (Å²) in [5.74, 6) is 0. The van der Waals surface area contributed by atoms with Gasteiger partial charge in [-0.25, -0.2) is 12.4 Å². The van der Waals surface area contributed by atoms with Crippen LogP contribution in [0.2, 0.25) is 0 Å². The smallest absolute Gasteiger partial charge is 0.267 e. The minimum atomic E-state index is -3.75. The lowest BCUT2D eigenvalue weighted by Crippen LogP contribution is -2.15. The molecule has 6 heteroatoms. The molecule has 2 aromatic rings. The number of aliphatic hydroxyl groups excluding tert-OH is 1. The number of rotatable bonds is 5. The summed E-state index contributed by atoms with van der Waals surface area (Å²) >= 11 is 0. The molecule has 0 aliphatic rings. The Kier molecular flexibility index (Phi) is 4.69. The van der Waals surface area contributed by atoms with Gasteiger partial charge in [-0.1, -0.05) is 17.7 Å². The van der Waals surface area contributed by atoms with Crippen molar-refractivity contribution in [1.29, 1.82) is 5.26 Å². The molecule has 22 heavy (non-hydrogen) atoms. The summed E-state index contributed by atoms with van der Waals surface area (Å²) in [6.07, 6.45) is 2.28. The fourth-order valence-electron chi connectivity index (χ4n) is 2.34. The molecule has 1 N–H and O–H groups in total. The van der Waals surface area contributed by atoms with Crippen LogP contribution in [0.5, 0.6) is 0 Å². The number of aromatic nitrogens is 1. The Morgan fingerprint density at radius 1 is 1.23 bits per heavy atom. The van der Waals surface area contributed by atoms with Gasteiger partial charge in [0.2, 0.25) is 0 Å². The summed E-state index contributed by atoms with van der Waals surface area (Å²) in [5.41, 5.74) is 2.79. The van der Waals surface area contributed by atoms with Gasteiger partial charge in [0.1, 0.15) is 0 Å².